The largest absolute Gasteiger partial charge is 0.329 e. The van der Waals surface area contributed by atoms with Crippen LogP contribution in [0, 0.1) is 0 Å². The first kappa shape index (κ1) is 16.3. The molecule has 1 unspecified atom stereocenters. The van der Waals surface area contributed by atoms with Gasteiger partial charge in [-0.05, 0) is 26.2 Å². The van der Waals surface area contributed by atoms with E-state index in [0.29, 0.717) is 5.54 Å². The van der Waals surface area contributed by atoms with Gasteiger partial charge in [-0.3, -0.25) is 9.80 Å². The van der Waals surface area contributed by atoms with Crippen molar-refractivity contribution in [3.63, 3.8) is 0 Å². The lowest BCUT2D eigenvalue weighted by molar-refractivity contribution is 0.00852. The van der Waals surface area contributed by atoms with Gasteiger partial charge in [0.1, 0.15) is 0 Å². The molecule has 0 aromatic heterocycles. The number of piperazine rings is 1. The van der Waals surface area contributed by atoms with Crippen molar-refractivity contribution in [3.8, 4) is 0 Å². The Morgan fingerprint density at radius 2 is 1.50 bits per heavy atom. The fourth-order valence-corrected chi connectivity index (χ4v) is 4.11. The first-order chi connectivity index (χ1) is 9.72. The summed E-state index contributed by atoms with van der Waals surface area (Å²) >= 11 is 0. The molecule has 2 N–H and O–H groups in total. The summed E-state index contributed by atoms with van der Waals surface area (Å²) in [5.41, 5.74) is 6.58. The molecule has 2 rings (SSSR count). The summed E-state index contributed by atoms with van der Waals surface area (Å²) in [6.45, 7) is 10.4. The summed E-state index contributed by atoms with van der Waals surface area (Å²) in [6, 6.07) is 0.739. The van der Waals surface area contributed by atoms with Gasteiger partial charge in [-0.1, -0.05) is 39.0 Å². The van der Waals surface area contributed by atoms with Crippen LogP contribution < -0.4 is 5.73 Å². The molecule has 1 saturated carbocycles. The number of hydrogen-bond acceptors (Lipinski definition) is 3. The van der Waals surface area contributed by atoms with Crippen LogP contribution in [-0.4, -0.2) is 54.1 Å². The molecule has 2 fully saturated rings. The number of hydrogen-bond donors (Lipinski definition) is 1. The number of rotatable bonds is 4. The van der Waals surface area contributed by atoms with E-state index in [4.69, 9.17) is 5.73 Å². The second-order valence-corrected chi connectivity index (χ2v) is 6.98. The molecule has 0 spiro atoms. The van der Waals surface area contributed by atoms with Crippen LogP contribution in [0.25, 0.3) is 0 Å². The third-order valence-corrected chi connectivity index (χ3v) is 5.86. The Bertz CT molecular complexity index is 263. The van der Waals surface area contributed by atoms with Crippen LogP contribution in [0.15, 0.2) is 0 Å². The molecule has 1 aliphatic heterocycles. The fourth-order valence-electron chi connectivity index (χ4n) is 4.11. The SMILES string of the molecule is CCC(C)N1CCN(C2(CN)CCCCCCC2)CC1. The van der Waals surface area contributed by atoms with E-state index in [0.717, 1.165) is 12.6 Å². The van der Waals surface area contributed by atoms with Gasteiger partial charge in [0.05, 0.1) is 0 Å². The van der Waals surface area contributed by atoms with Gasteiger partial charge in [-0.15, -0.1) is 0 Å². The van der Waals surface area contributed by atoms with Gasteiger partial charge in [0.2, 0.25) is 0 Å². The van der Waals surface area contributed by atoms with Gasteiger partial charge in [-0.2, -0.15) is 0 Å². The summed E-state index contributed by atoms with van der Waals surface area (Å²) in [5, 5.41) is 0. The third kappa shape index (κ3) is 3.75. The highest BCUT2D eigenvalue weighted by molar-refractivity contribution is 4.95. The lowest BCUT2D eigenvalue weighted by Crippen LogP contribution is -2.61. The van der Waals surface area contributed by atoms with E-state index in [2.05, 4.69) is 23.6 Å². The van der Waals surface area contributed by atoms with E-state index in [1.807, 2.05) is 0 Å². The predicted molar refractivity (Wildman–Crippen MR) is 87.0 cm³/mol. The monoisotopic (exact) mass is 281 g/mol. The number of nitrogens with zero attached hydrogens (tertiary/aromatic N) is 2. The quantitative estimate of drug-likeness (QED) is 0.860. The van der Waals surface area contributed by atoms with E-state index in [1.54, 1.807) is 0 Å². The maximum absolute atomic E-state index is 6.25. The maximum atomic E-state index is 6.25. The van der Waals surface area contributed by atoms with Crippen molar-refractivity contribution in [3.05, 3.63) is 0 Å². The second kappa shape index (κ2) is 7.77. The van der Waals surface area contributed by atoms with Crippen molar-refractivity contribution in [2.75, 3.05) is 32.7 Å². The lowest BCUT2D eigenvalue weighted by Gasteiger charge is -2.49. The van der Waals surface area contributed by atoms with Crippen LogP contribution in [-0.2, 0) is 0 Å². The lowest BCUT2D eigenvalue weighted by atomic mass is 9.82. The highest BCUT2D eigenvalue weighted by Gasteiger charge is 2.37. The zero-order chi connectivity index (χ0) is 14.4. The molecule has 0 aromatic rings. The zero-order valence-electron chi connectivity index (χ0n) is 13.7. The van der Waals surface area contributed by atoms with Crippen LogP contribution in [0.3, 0.4) is 0 Å². The molecule has 1 atom stereocenters. The number of nitrogens with two attached hydrogens (primary N) is 1. The van der Waals surface area contributed by atoms with Crippen LogP contribution >= 0.6 is 0 Å². The van der Waals surface area contributed by atoms with Gasteiger partial charge in [0.15, 0.2) is 0 Å². The minimum absolute atomic E-state index is 0.321. The Kier molecular flexibility index (Phi) is 6.31. The van der Waals surface area contributed by atoms with Gasteiger partial charge >= 0.3 is 0 Å². The summed E-state index contributed by atoms with van der Waals surface area (Å²) < 4.78 is 0. The molecule has 1 aliphatic carbocycles. The van der Waals surface area contributed by atoms with E-state index in [-0.39, 0.29) is 0 Å². The fraction of sp³-hybridized carbons (Fsp3) is 1.00. The van der Waals surface area contributed by atoms with Gasteiger partial charge in [0, 0.05) is 44.3 Å². The Morgan fingerprint density at radius 3 is 2.00 bits per heavy atom. The van der Waals surface area contributed by atoms with Crippen molar-refractivity contribution >= 4 is 0 Å². The predicted octanol–water partition coefficient (Wildman–Crippen LogP) is 2.84. The minimum Gasteiger partial charge on any atom is -0.329 e. The molecular formula is C17H35N3. The smallest absolute Gasteiger partial charge is 0.0332 e. The first-order valence-electron chi connectivity index (χ1n) is 8.91. The van der Waals surface area contributed by atoms with Gasteiger partial charge < -0.3 is 5.73 Å². The van der Waals surface area contributed by atoms with Crippen LogP contribution in [0.4, 0.5) is 0 Å². The average molecular weight is 281 g/mol. The normalized spacial score (nSPS) is 27.8. The summed E-state index contributed by atoms with van der Waals surface area (Å²) in [7, 11) is 0. The summed E-state index contributed by atoms with van der Waals surface area (Å²) in [6.07, 6.45) is 10.9. The molecule has 2 aliphatic rings. The van der Waals surface area contributed by atoms with E-state index < -0.39 is 0 Å². The van der Waals surface area contributed by atoms with E-state index in [1.165, 1.54) is 77.5 Å². The minimum atomic E-state index is 0.321. The molecule has 118 valence electrons. The first-order valence-corrected chi connectivity index (χ1v) is 8.91. The molecule has 1 heterocycles. The van der Waals surface area contributed by atoms with E-state index >= 15 is 0 Å². The van der Waals surface area contributed by atoms with Crippen LogP contribution in [0.5, 0.6) is 0 Å². The molecule has 0 aromatic carbocycles. The van der Waals surface area contributed by atoms with Crippen molar-refractivity contribution in [2.24, 2.45) is 5.73 Å². The summed E-state index contributed by atoms with van der Waals surface area (Å²) in [4.78, 5) is 5.40. The molecular weight excluding hydrogens is 246 g/mol. The van der Waals surface area contributed by atoms with Crippen molar-refractivity contribution in [1.82, 2.24) is 9.80 Å². The molecule has 3 heteroatoms. The van der Waals surface area contributed by atoms with Crippen LogP contribution in [0.1, 0.15) is 65.2 Å². The molecule has 1 saturated heterocycles. The third-order valence-electron chi connectivity index (χ3n) is 5.86. The Morgan fingerprint density at radius 1 is 0.950 bits per heavy atom. The Labute approximate surface area is 125 Å². The van der Waals surface area contributed by atoms with Crippen molar-refractivity contribution < 1.29 is 0 Å². The van der Waals surface area contributed by atoms with Crippen molar-refractivity contribution in [1.29, 1.82) is 0 Å². The molecule has 0 amide bonds. The molecule has 20 heavy (non-hydrogen) atoms. The highest BCUT2D eigenvalue weighted by Crippen LogP contribution is 2.32. The molecule has 3 nitrogen and oxygen atoms in total. The second-order valence-electron chi connectivity index (χ2n) is 6.98. The van der Waals surface area contributed by atoms with Gasteiger partial charge in [-0.25, -0.2) is 0 Å². The molecule has 0 bridgehead atoms. The zero-order valence-corrected chi connectivity index (χ0v) is 13.7. The summed E-state index contributed by atoms with van der Waals surface area (Å²) in [5.74, 6) is 0. The average Bonchev–Trinajstić information content (AvgIpc) is 2.47. The topological polar surface area (TPSA) is 32.5 Å². The molecule has 0 radical (unpaired) electrons. The van der Waals surface area contributed by atoms with Crippen molar-refractivity contribution in [2.45, 2.75) is 76.8 Å². The Hall–Kier alpha value is -0.120. The van der Waals surface area contributed by atoms with Gasteiger partial charge in [0.25, 0.3) is 0 Å². The highest BCUT2D eigenvalue weighted by atomic mass is 15.3. The maximum Gasteiger partial charge on any atom is 0.0332 e. The standard InChI is InChI=1S/C17H35N3/c1-3-16(2)19-11-13-20(14-12-19)17(15-18)9-7-5-4-6-8-10-17/h16H,3-15,18H2,1-2H3. The van der Waals surface area contributed by atoms with Crippen LogP contribution in [0.2, 0.25) is 0 Å². The Balaban J connectivity index is 1.94. The van der Waals surface area contributed by atoms with E-state index in [9.17, 15) is 0 Å².